The highest BCUT2D eigenvalue weighted by atomic mass is 32.1. The van der Waals surface area contributed by atoms with Crippen molar-refractivity contribution in [2.45, 2.75) is 46.1 Å². The topological polar surface area (TPSA) is 70.2 Å². The Morgan fingerprint density at radius 2 is 1.43 bits per heavy atom. The smallest absolute Gasteiger partial charge is 0.257 e. The molecule has 0 aromatic heterocycles. The van der Waals surface area contributed by atoms with Crippen molar-refractivity contribution in [3.63, 3.8) is 0 Å². The van der Waals surface area contributed by atoms with Crippen LogP contribution in [0.15, 0.2) is 48.5 Å². The zero-order valence-corrected chi connectivity index (χ0v) is 17.5. The van der Waals surface area contributed by atoms with Gasteiger partial charge in [0, 0.05) is 22.9 Å². The standard InChI is InChI=1S/C22H27N3O2S/c1-5-15(4)23-20(26)18-10-12-19(13-11-18)24-22(28)25-21(27)17-8-6-16(7-9-17)14(2)3/h6-15H,5H2,1-4H3,(H,23,26)(H2,24,25,27,28). The van der Waals surface area contributed by atoms with Crippen LogP contribution in [0.25, 0.3) is 0 Å². The summed E-state index contributed by atoms with van der Waals surface area (Å²) in [6.07, 6.45) is 0.875. The van der Waals surface area contributed by atoms with Gasteiger partial charge in [-0.2, -0.15) is 0 Å². The molecule has 6 heteroatoms. The summed E-state index contributed by atoms with van der Waals surface area (Å²) in [6, 6.07) is 14.5. The van der Waals surface area contributed by atoms with E-state index in [1.165, 1.54) is 5.56 Å². The molecule has 2 rings (SSSR count). The Morgan fingerprint density at radius 1 is 0.893 bits per heavy atom. The van der Waals surface area contributed by atoms with Gasteiger partial charge in [-0.1, -0.05) is 32.9 Å². The van der Waals surface area contributed by atoms with E-state index in [2.05, 4.69) is 29.8 Å². The summed E-state index contributed by atoms with van der Waals surface area (Å²) < 4.78 is 0. The van der Waals surface area contributed by atoms with Crippen molar-refractivity contribution in [2.24, 2.45) is 0 Å². The maximum Gasteiger partial charge on any atom is 0.257 e. The minimum Gasteiger partial charge on any atom is -0.350 e. The maximum absolute atomic E-state index is 12.3. The molecule has 0 aliphatic rings. The first kappa shape index (κ1) is 21.6. The number of hydrogen-bond acceptors (Lipinski definition) is 3. The van der Waals surface area contributed by atoms with E-state index in [0.29, 0.717) is 22.7 Å². The van der Waals surface area contributed by atoms with Crippen LogP contribution in [0.3, 0.4) is 0 Å². The summed E-state index contributed by atoms with van der Waals surface area (Å²) >= 11 is 5.21. The van der Waals surface area contributed by atoms with Gasteiger partial charge in [-0.15, -0.1) is 0 Å². The molecular formula is C22H27N3O2S. The normalized spacial score (nSPS) is 11.6. The Morgan fingerprint density at radius 3 is 1.96 bits per heavy atom. The highest BCUT2D eigenvalue weighted by molar-refractivity contribution is 7.80. The number of rotatable bonds is 6. The number of amides is 2. The number of carbonyl (C=O) groups excluding carboxylic acids is 2. The molecule has 0 fully saturated rings. The van der Waals surface area contributed by atoms with Gasteiger partial charge in [-0.3, -0.25) is 14.9 Å². The van der Waals surface area contributed by atoms with E-state index in [9.17, 15) is 9.59 Å². The molecule has 0 saturated carbocycles. The summed E-state index contributed by atoms with van der Waals surface area (Å²) in [7, 11) is 0. The van der Waals surface area contributed by atoms with Gasteiger partial charge < -0.3 is 10.6 Å². The molecule has 0 aliphatic heterocycles. The molecule has 3 N–H and O–H groups in total. The van der Waals surface area contributed by atoms with Gasteiger partial charge in [0.2, 0.25) is 0 Å². The van der Waals surface area contributed by atoms with Crippen LogP contribution in [0, 0.1) is 0 Å². The molecule has 2 aromatic rings. The molecule has 0 bridgehead atoms. The fraction of sp³-hybridized carbons (Fsp3) is 0.318. The molecule has 0 spiro atoms. The largest absolute Gasteiger partial charge is 0.350 e. The first-order valence-corrected chi connectivity index (χ1v) is 9.84. The van der Waals surface area contributed by atoms with Gasteiger partial charge in [0.25, 0.3) is 11.8 Å². The summed E-state index contributed by atoms with van der Waals surface area (Å²) in [5, 5.41) is 8.75. The Balaban J connectivity index is 1.91. The van der Waals surface area contributed by atoms with Crippen molar-refractivity contribution in [3.8, 4) is 0 Å². The van der Waals surface area contributed by atoms with Gasteiger partial charge >= 0.3 is 0 Å². The van der Waals surface area contributed by atoms with Crippen LogP contribution < -0.4 is 16.0 Å². The Labute approximate surface area is 171 Å². The van der Waals surface area contributed by atoms with Gasteiger partial charge in [0.05, 0.1) is 0 Å². The fourth-order valence-electron chi connectivity index (χ4n) is 2.47. The molecule has 2 aromatic carbocycles. The summed E-state index contributed by atoms with van der Waals surface area (Å²) in [4.78, 5) is 24.4. The fourth-order valence-corrected chi connectivity index (χ4v) is 2.68. The lowest BCUT2D eigenvalue weighted by Crippen LogP contribution is -2.34. The van der Waals surface area contributed by atoms with Crippen LogP contribution in [0.5, 0.6) is 0 Å². The van der Waals surface area contributed by atoms with E-state index in [1.807, 2.05) is 26.0 Å². The van der Waals surface area contributed by atoms with Crippen molar-refractivity contribution < 1.29 is 9.59 Å². The molecule has 0 saturated heterocycles. The minimum absolute atomic E-state index is 0.110. The van der Waals surface area contributed by atoms with Crippen LogP contribution in [-0.4, -0.2) is 23.0 Å². The van der Waals surface area contributed by atoms with Crippen LogP contribution in [-0.2, 0) is 0 Å². The predicted molar refractivity (Wildman–Crippen MR) is 118 cm³/mol. The lowest BCUT2D eigenvalue weighted by atomic mass is 10.0. The number of thiocarbonyl (C=S) groups is 1. The molecule has 0 aliphatic carbocycles. The Bertz CT molecular complexity index is 830. The summed E-state index contributed by atoms with van der Waals surface area (Å²) in [5.41, 5.74) is 2.99. The lowest BCUT2D eigenvalue weighted by molar-refractivity contribution is 0.0937. The van der Waals surface area contributed by atoms with E-state index in [4.69, 9.17) is 12.2 Å². The summed E-state index contributed by atoms with van der Waals surface area (Å²) in [6.45, 7) is 8.19. The third kappa shape index (κ3) is 6.16. The second-order valence-corrected chi connectivity index (χ2v) is 7.45. The molecule has 28 heavy (non-hydrogen) atoms. The number of benzene rings is 2. The Hall–Kier alpha value is -2.73. The van der Waals surface area contributed by atoms with Crippen LogP contribution in [0.2, 0.25) is 0 Å². The molecule has 1 unspecified atom stereocenters. The maximum atomic E-state index is 12.3. The van der Waals surface area contributed by atoms with Crippen LogP contribution in [0.1, 0.15) is 66.3 Å². The van der Waals surface area contributed by atoms with E-state index < -0.39 is 0 Å². The monoisotopic (exact) mass is 397 g/mol. The molecule has 1 atom stereocenters. The average molecular weight is 398 g/mol. The quantitative estimate of drug-likeness (QED) is 0.629. The molecular weight excluding hydrogens is 370 g/mol. The second-order valence-electron chi connectivity index (χ2n) is 7.05. The summed E-state index contributed by atoms with van der Waals surface area (Å²) in [5.74, 6) is 0.0362. The number of anilines is 1. The van der Waals surface area contributed by atoms with Crippen LogP contribution >= 0.6 is 12.2 Å². The van der Waals surface area contributed by atoms with Gasteiger partial charge in [-0.25, -0.2) is 0 Å². The van der Waals surface area contributed by atoms with Crippen molar-refractivity contribution >= 4 is 34.8 Å². The van der Waals surface area contributed by atoms with E-state index in [-0.39, 0.29) is 23.0 Å². The van der Waals surface area contributed by atoms with Crippen molar-refractivity contribution in [2.75, 3.05) is 5.32 Å². The molecule has 0 radical (unpaired) electrons. The third-order valence-electron chi connectivity index (χ3n) is 4.46. The van der Waals surface area contributed by atoms with Gasteiger partial charge in [-0.05, 0) is 73.4 Å². The third-order valence-corrected chi connectivity index (χ3v) is 4.67. The van der Waals surface area contributed by atoms with Gasteiger partial charge in [0.1, 0.15) is 0 Å². The lowest BCUT2D eigenvalue weighted by Gasteiger charge is -2.13. The van der Waals surface area contributed by atoms with Crippen LogP contribution in [0.4, 0.5) is 5.69 Å². The first-order valence-electron chi connectivity index (χ1n) is 9.43. The average Bonchev–Trinajstić information content (AvgIpc) is 2.68. The predicted octanol–water partition coefficient (Wildman–Crippen LogP) is 4.47. The highest BCUT2D eigenvalue weighted by Gasteiger charge is 2.10. The van der Waals surface area contributed by atoms with E-state index in [0.717, 1.165) is 6.42 Å². The molecule has 2 amide bonds. The minimum atomic E-state index is -0.266. The number of carbonyl (C=O) groups is 2. The molecule has 148 valence electrons. The van der Waals surface area contributed by atoms with Gasteiger partial charge in [0.15, 0.2) is 5.11 Å². The second kappa shape index (κ2) is 9.99. The Kier molecular flexibility index (Phi) is 7.70. The van der Waals surface area contributed by atoms with Crippen molar-refractivity contribution in [1.82, 2.24) is 10.6 Å². The molecule has 5 nitrogen and oxygen atoms in total. The zero-order valence-electron chi connectivity index (χ0n) is 16.7. The number of nitrogens with one attached hydrogen (secondary N) is 3. The zero-order chi connectivity index (χ0) is 20.7. The number of hydrogen-bond donors (Lipinski definition) is 3. The SMILES string of the molecule is CCC(C)NC(=O)c1ccc(NC(=S)NC(=O)c2ccc(C(C)C)cc2)cc1. The van der Waals surface area contributed by atoms with Crippen molar-refractivity contribution in [1.29, 1.82) is 0 Å². The van der Waals surface area contributed by atoms with Crippen molar-refractivity contribution in [3.05, 3.63) is 65.2 Å². The molecule has 0 heterocycles. The van der Waals surface area contributed by atoms with E-state index in [1.54, 1.807) is 36.4 Å². The van der Waals surface area contributed by atoms with E-state index >= 15 is 0 Å². The highest BCUT2D eigenvalue weighted by Crippen LogP contribution is 2.15. The first-order chi connectivity index (χ1) is 13.3.